The summed E-state index contributed by atoms with van der Waals surface area (Å²) in [6, 6.07) is 20.7. The molecule has 0 radical (unpaired) electrons. The van der Waals surface area contributed by atoms with Crippen LogP contribution in [-0.4, -0.2) is 35.0 Å². The highest BCUT2D eigenvalue weighted by Crippen LogP contribution is 2.23. The minimum absolute atomic E-state index is 0.00854. The van der Waals surface area contributed by atoms with Crippen molar-refractivity contribution in [3.05, 3.63) is 84.1 Å². The number of aromatic nitrogens is 1. The molecule has 1 saturated heterocycles. The molecule has 0 spiro atoms. The van der Waals surface area contributed by atoms with Crippen LogP contribution in [0.1, 0.15) is 22.3 Å². The highest BCUT2D eigenvalue weighted by Gasteiger charge is 2.28. The van der Waals surface area contributed by atoms with E-state index in [4.69, 9.17) is 9.47 Å². The number of benzene rings is 2. The van der Waals surface area contributed by atoms with Gasteiger partial charge in [0, 0.05) is 30.8 Å². The fourth-order valence-corrected chi connectivity index (χ4v) is 3.18. The molecule has 1 unspecified atom stereocenters. The summed E-state index contributed by atoms with van der Waals surface area (Å²) in [7, 11) is 0. The molecule has 0 saturated carbocycles. The van der Waals surface area contributed by atoms with Crippen LogP contribution >= 0.6 is 0 Å². The smallest absolute Gasteiger partial charge is 0.253 e. The Hall–Kier alpha value is -3.34. The van der Waals surface area contributed by atoms with Crippen LogP contribution in [0.3, 0.4) is 0 Å². The molecule has 5 heteroatoms. The Kier molecular flexibility index (Phi) is 5.24. The van der Waals surface area contributed by atoms with Gasteiger partial charge in [0.25, 0.3) is 5.91 Å². The molecule has 0 bridgehead atoms. The minimum Gasteiger partial charge on any atom is -0.472 e. The Morgan fingerprint density at radius 3 is 2.46 bits per heavy atom. The largest absolute Gasteiger partial charge is 0.472 e. The number of ether oxygens (including phenoxy) is 2. The lowest BCUT2D eigenvalue weighted by atomic mass is 10.2. The Morgan fingerprint density at radius 2 is 1.75 bits per heavy atom. The Bertz CT molecular complexity index is 924. The molecule has 0 N–H and O–H groups in total. The molecule has 2 aromatic carbocycles. The molecule has 5 nitrogen and oxygen atoms in total. The molecule has 142 valence electrons. The number of hydrogen-bond donors (Lipinski definition) is 0. The molecular weight excluding hydrogens is 352 g/mol. The van der Waals surface area contributed by atoms with Gasteiger partial charge in [-0.25, -0.2) is 4.98 Å². The van der Waals surface area contributed by atoms with Gasteiger partial charge in [-0.3, -0.25) is 4.79 Å². The second kappa shape index (κ2) is 8.13. The van der Waals surface area contributed by atoms with Crippen molar-refractivity contribution in [2.45, 2.75) is 19.4 Å². The number of carbonyl (C=O) groups is 1. The monoisotopic (exact) mass is 374 g/mol. The van der Waals surface area contributed by atoms with Crippen molar-refractivity contribution in [2.75, 3.05) is 13.1 Å². The maximum Gasteiger partial charge on any atom is 0.253 e. The summed E-state index contributed by atoms with van der Waals surface area (Å²) in [4.78, 5) is 18.9. The lowest BCUT2D eigenvalue weighted by Gasteiger charge is -2.17. The third kappa shape index (κ3) is 4.31. The molecule has 28 heavy (non-hydrogen) atoms. The number of carbonyl (C=O) groups excluding carboxylic acids is 1. The van der Waals surface area contributed by atoms with Crippen LogP contribution in [0.5, 0.6) is 17.4 Å². The van der Waals surface area contributed by atoms with E-state index in [1.54, 1.807) is 18.3 Å². The van der Waals surface area contributed by atoms with Crippen molar-refractivity contribution in [2.24, 2.45) is 0 Å². The SMILES string of the molecule is Cc1ccc(OC2CCN(C(=O)c3ccc(Oc4ccccc4)cc3)C2)nc1. The molecule has 1 aliphatic rings. The van der Waals surface area contributed by atoms with Gasteiger partial charge in [-0.1, -0.05) is 24.3 Å². The summed E-state index contributed by atoms with van der Waals surface area (Å²) in [5.74, 6) is 2.09. The third-order valence-electron chi connectivity index (χ3n) is 4.68. The van der Waals surface area contributed by atoms with E-state index < -0.39 is 0 Å². The van der Waals surface area contributed by atoms with E-state index in [1.165, 1.54) is 0 Å². The standard InChI is InChI=1S/C23H22N2O3/c1-17-7-12-22(24-15-17)28-21-13-14-25(16-21)23(26)18-8-10-20(11-9-18)27-19-5-3-2-4-6-19/h2-12,15,21H,13-14,16H2,1H3. The lowest BCUT2D eigenvalue weighted by molar-refractivity contribution is 0.0771. The first-order chi connectivity index (χ1) is 13.7. The van der Waals surface area contributed by atoms with Crippen molar-refractivity contribution in [3.8, 4) is 17.4 Å². The molecule has 1 aromatic heterocycles. The summed E-state index contributed by atoms with van der Waals surface area (Å²) >= 11 is 0. The zero-order valence-electron chi connectivity index (χ0n) is 15.7. The van der Waals surface area contributed by atoms with Gasteiger partial charge in [-0.15, -0.1) is 0 Å². The van der Waals surface area contributed by atoms with Crippen molar-refractivity contribution in [1.29, 1.82) is 0 Å². The number of pyridine rings is 1. The van der Waals surface area contributed by atoms with Gasteiger partial charge in [0.15, 0.2) is 0 Å². The van der Waals surface area contributed by atoms with Gasteiger partial charge in [0.05, 0.1) is 6.54 Å². The second-order valence-electron chi connectivity index (χ2n) is 6.89. The van der Waals surface area contributed by atoms with Crippen LogP contribution in [-0.2, 0) is 0 Å². The fraction of sp³-hybridized carbons (Fsp3) is 0.217. The number of likely N-dealkylation sites (tertiary alicyclic amines) is 1. The number of aryl methyl sites for hydroxylation is 1. The van der Waals surface area contributed by atoms with Crippen LogP contribution in [0.15, 0.2) is 72.9 Å². The number of amides is 1. The summed E-state index contributed by atoms with van der Waals surface area (Å²) in [5, 5.41) is 0. The summed E-state index contributed by atoms with van der Waals surface area (Å²) < 4.78 is 11.7. The minimum atomic E-state index is -0.0279. The Labute approximate surface area is 164 Å². The first kappa shape index (κ1) is 18.0. The van der Waals surface area contributed by atoms with E-state index >= 15 is 0 Å². The summed E-state index contributed by atoms with van der Waals surface area (Å²) in [6.45, 7) is 3.23. The first-order valence-corrected chi connectivity index (χ1v) is 9.39. The van der Waals surface area contributed by atoms with Crippen molar-refractivity contribution in [1.82, 2.24) is 9.88 Å². The van der Waals surface area contributed by atoms with Crippen LogP contribution in [0.2, 0.25) is 0 Å². The van der Waals surface area contributed by atoms with Gasteiger partial charge in [-0.05, 0) is 48.9 Å². The van der Waals surface area contributed by atoms with E-state index in [9.17, 15) is 4.79 Å². The van der Waals surface area contributed by atoms with E-state index in [1.807, 2.05) is 66.4 Å². The van der Waals surface area contributed by atoms with Crippen LogP contribution in [0.4, 0.5) is 0 Å². The average Bonchev–Trinajstić information content (AvgIpc) is 3.19. The predicted octanol–water partition coefficient (Wildman–Crippen LogP) is 4.48. The zero-order chi connectivity index (χ0) is 19.3. The molecule has 1 fully saturated rings. The molecular formula is C23H22N2O3. The van der Waals surface area contributed by atoms with Gasteiger partial charge in [0.2, 0.25) is 5.88 Å². The van der Waals surface area contributed by atoms with Crippen LogP contribution in [0.25, 0.3) is 0 Å². The molecule has 1 aliphatic heterocycles. The Balaban J connectivity index is 1.34. The predicted molar refractivity (Wildman–Crippen MR) is 107 cm³/mol. The maximum absolute atomic E-state index is 12.8. The van der Waals surface area contributed by atoms with Crippen molar-refractivity contribution < 1.29 is 14.3 Å². The molecule has 3 aromatic rings. The van der Waals surface area contributed by atoms with E-state index in [0.29, 0.717) is 30.3 Å². The lowest BCUT2D eigenvalue weighted by Crippen LogP contribution is -2.31. The van der Waals surface area contributed by atoms with Gasteiger partial charge >= 0.3 is 0 Å². The quantitative estimate of drug-likeness (QED) is 0.661. The maximum atomic E-state index is 12.8. The van der Waals surface area contributed by atoms with Gasteiger partial charge < -0.3 is 14.4 Å². The number of para-hydroxylation sites is 1. The zero-order valence-corrected chi connectivity index (χ0v) is 15.7. The molecule has 4 rings (SSSR count). The van der Waals surface area contributed by atoms with E-state index in [-0.39, 0.29) is 12.0 Å². The number of nitrogens with zero attached hydrogens (tertiary/aromatic N) is 2. The number of rotatable bonds is 5. The first-order valence-electron chi connectivity index (χ1n) is 9.39. The van der Waals surface area contributed by atoms with Crippen molar-refractivity contribution in [3.63, 3.8) is 0 Å². The normalized spacial score (nSPS) is 16.0. The van der Waals surface area contributed by atoms with Crippen molar-refractivity contribution >= 4 is 5.91 Å². The number of hydrogen-bond acceptors (Lipinski definition) is 4. The third-order valence-corrected chi connectivity index (χ3v) is 4.68. The van der Waals surface area contributed by atoms with Gasteiger partial charge in [0.1, 0.15) is 17.6 Å². The fourth-order valence-electron chi connectivity index (χ4n) is 3.18. The van der Waals surface area contributed by atoms with Crippen LogP contribution < -0.4 is 9.47 Å². The van der Waals surface area contributed by atoms with Crippen LogP contribution in [0, 0.1) is 6.92 Å². The topological polar surface area (TPSA) is 51.7 Å². The highest BCUT2D eigenvalue weighted by molar-refractivity contribution is 5.94. The average molecular weight is 374 g/mol. The summed E-state index contributed by atoms with van der Waals surface area (Å²) in [6.07, 6.45) is 2.56. The van der Waals surface area contributed by atoms with E-state index in [2.05, 4.69) is 4.98 Å². The second-order valence-corrected chi connectivity index (χ2v) is 6.89. The molecule has 0 aliphatic carbocycles. The summed E-state index contributed by atoms with van der Waals surface area (Å²) in [5.41, 5.74) is 1.74. The molecule has 2 heterocycles. The molecule has 1 amide bonds. The van der Waals surface area contributed by atoms with Gasteiger partial charge in [-0.2, -0.15) is 0 Å². The Morgan fingerprint density at radius 1 is 1.00 bits per heavy atom. The molecule has 1 atom stereocenters. The van der Waals surface area contributed by atoms with E-state index in [0.717, 1.165) is 17.7 Å². The highest BCUT2D eigenvalue weighted by atomic mass is 16.5.